The molecule has 5 rings (SSSR count). The molecule has 214 valence electrons. The molecule has 3 aromatic rings. The van der Waals surface area contributed by atoms with E-state index in [1.807, 2.05) is 46.2 Å². The number of benzene rings is 2. The van der Waals surface area contributed by atoms with Gasteiger partial charge in [0.2, 0.25) is 5.91 Å². The molecule has 0 bridgehead atoms. The minimum atomic E-state index is -0.175. The van der Waals surface area contributed by atoms with Crippen molar-refractivity contribution in [2.75, 3.05) is 69.7 Å². The lowest BCUT2D eigenvalue weighted by Gasteiger charge is -2.37. The van der Waals surface area contributed by atoms with E-state index in [2.05, 4.69) is 20.5 Å². The lowest BCUT2D eigenvalue weighted by atomic mass is 10.1. The van der Waals surface area contributed by atoms with Crippen LogP contribution in [0.25, 0.3) is 0 Å². The standard InChI is InChI=1S/C31H36N6O4/c1-41-26-6-3-23(4-7-26)21-29(38)34-27-22-25(31(40)36-15-2-11-32-14-16-36)5-8-28(27)35-17-19-37(20-18-35)30(39)24-9-12-33-13-10-24/h3-10,12-13,22,32H,2,11,14-21H2,1H3,(H,34,38). The first-order valence-corrected chi connectivity index (χ1v) is 14.0. The van der Waals surface area contributed by atoms with Crippen LogP contribution < -0.4 is 20.3 Å². The zero-order valence-electron chi connectivity index (χ0n) is 23.3. The number of methoxy groups -OCH3 is 1. The van der Waals surface area contributed by atoms with Crippen LogP contribution in [0.1, 0.15) is 32.7 Å². The maximum absolute atomic E-state index is 13.4. The highest BCUT2D eigenvalue weighted by Crippen LogP contribution is 2.30. The molecule has 2 aliphatic heterocycles. The van der Waals surface area contributed by atoms with Crippen molar-refractivity contribution < 1.29 is 19.1 Å². The summed E-state index contributed by atoms with van der Waals surface area (Å²) in [5.74, 6) is 0.492. The van der Waals surface area contributed by atoms with Crippen LogP contribution in [0, 0.1) is 0 Å². The molecule has 3 amide bonds. The number of hydrogen-bond acceptors (Lipinski definition) is 7. The van der Waals surface area contributed by atoms with Crippen molar-refractivity contribution in [3.05, 3.63) is 83.7 Å². The number of ether oxygens (including phenoxy) is 1. The maximum Gasteiger partial charge on any atom is 0.254 e. The smallest absolute Gasteiger partial charge is 0.254 e. The van der Waals surface area contributed by atoms with Gasteiger partial charge in [0.05, 0.1) is 24.9 Å². The summed E-state index contributed by atoms with van der Waals surface area (Å²) in [4.78, 5) is 49.3. The van der Waals surface area contributed by atoms with Gasteiger partial charge in [0, 0.05) is 69.3 Å². The first-order valence-electron chi connectivity index (χ1n) is 14.0. The Morgan fingerprint density at radius 3 is 2.27 bits per heavy atom. The number of nitrogens with zero attached hydrogens (tertiary/aromatic N) is 4. The summed E-state index contributed by atoms with van der Waals surface area (Å²) in [5.41, 5.74) is 3.44. The summed E-state index contributed by atoms with van der Waals surface area (Å²) < 4.78 is 5.22. The number of pyridine rings is 1. The number of amides is 3. The molecule has 0 radical (unpaired) electrons. The SMILES string of the molecule is COc1ccc(CC(=O)Nc2cc(C(=O)N3CCCNCC3)ccc2N2CCN(C(=O)c3ccncc3)CC2)cc1. The van der Waals surface area contributed by atoms with Gasteiger partial charge in [-0.25, -0.2) is 0 Å². The minimum Gasteiger partial charge on any atom is -0.497 e. The zero-order valence-corrected chi connectivity index (χ0v) is 23.3. The number of hydrogen-bond donors (Lipinski definition) is 2. The molecule has 2 saturated heterocycles. The summed E-state index contributed by atoms with van der Waals surface area (Å²) in [6.45, 7) is 5.28. The van der Waals surface area contributed by atoms with Crippen LogP contribution in [0.5, 0.6) is 5.75 Å². The monoisotopic (exact) mass is 556 g/mol. The molecule has 0 aliphatic carbocycles. The van der Waals surface area contributed by atoms with E-state index in [-0.39, 0.29) is 24.1 Å². The first kappa shape index (κ1) is 28.1. The van der Waals surface area contributed by atoms with Gasteiger partial charge in [-0.2, -0.15) is 0 Å². The number of carbonyl (C=O) groups excluding carboxylic acids is 3. The van der Waals surface area contributed by atoms with Crippen LogP contribution in [0.15, 0.2) is 67.0 Å². The predicted molar refractivity (Wildman–Crippen MR) is 158 cm³/mol. The van der Waals surface area contributed by atoms with E-state index in [0.29, 0.717) is 56.1 Å². The lowest BCUT2D eigenvalue weighted by Crippen LogP contribution is -2.49. The van der Waals surface area contributed by atoms with E-state index in [9.17, 15) is 14.4 Å². The van der Waals surface area contributed by atoms with Crippen LogP contribution in [-0.2, 0) is 11.2 Å². The van der Waals surface area contributed by atoms with Crippen LogP contribution in [0.2, 0.25) is 0 Å². The molecule has 0 saturated carbocycles. The minimum absolute atomic E-state index is 0.0204. The fraction of sp³-hybridized carbons (Fsp3) is 0.355. The van der Waals surface area contributed by atoms with E-state index in [0.717, 1.165) is 36.5 Å². The van der Waals surface area contributed by atoms with Crippen LogP contribution in [0.4, 0.5) is 11.4 Å². The van der Waals surface area contributed by atoms with Crippen molar-refractivity contribution in [3.8, 4) is 5.75 Å². The van der Waals surface area contributed by atoms with Crippen molar-refractivity contribution in [2.24, 2.45) is 0 Å². The first-order chi connectivity index (χ1) is 20.0. The highest BCUT2D eigenvalue weighted by Gasteiger charge is 2.25. The second kappa shape index (κ2) is 13.3. The van der Waals surface area contributed by atoms with Crippen LogP contribution >= 0.6 is 0 Å². The Bertz CT molecular complexity index is 1350. The number of anilines is 2. The molecule has 10 heteroatoms. The van der Waals surface area contributed by atoms with Gasteiger partial charge in [-0.15, -0.1) is 0 Å². The van der Waals surface area contributed by atoms with E-state index in [1.54, 1.807) is 37.7 Å². The molecule has 10 nitrogen and oxygen atoms in total. The Labute approximate surface area is 240 Å². The highest BCUT2D eigenvalue weighted by atomic mass is 16.5. The summed E-state index contributed by atoms with van der Waals surface area (Å²) in [6, 6.07) is 16.4. The second-order valence-corrected chi connectivity index (χ2v) is 10.2. The quantitative estimate of drug-likeness (QED) is 0.461. The van der Waals surface area contributed by atoms with Crippen molar-refractivity contribution >= 4 is 29.1 Å². The molecule has 0 spiro atoms. The molecule has 0 atom stereocenters. The Morgan fingerprint density at radius 2 is 1.54 bits per heavy atom. The van der Waals surface area contributed by atoms with Gasteiger partial charge in [-0.3, -0.25) is 19.4 Å². The van der Waals surface area contributed by atoms with Crippen molar-refractivity contribution in [1.29, 1.82) is 0 Å². The zero-order chi connectivity index (χ0) is 28.6. The molecular weight excluding hydrogens is 520 g/mol. The number of piperazine rings is 1. The summed E-state index contributed by atoms with van der Waals surface area (Å²) in [5, 5.41) is 6.40. The molecule has 2 aromatic carbocycles. The number of nitrogens with one attached hydrogen (secondary N) is 2. The third kappa shape index (κ3) is 7.01. The van der Waals surface area contributed by atoms with Crippen molar-refractivity contribution in [3.63, 3.8) is 0 Å². The van der Waals surface area contributed by atoms with Crippen LogP contribution in [0.3, 0.4) is 0 Å². The van der Waals surface area contributed by atoms with Gasteiger partial charge in [0.25, 0.3) is 11.8 Å². The lowest BCUT2D eigenvalue weighted by molar-refractivity contribution is -0.115. The number of carbonyl (C=O) groups is 3. The molecule has 0 unspecified atom stereocenters. The Hall–Kier alpha value is -4.44. The fourth-order valence-corrected chi connectivity index (χ4v) is 5.23. The normalized spacial score (nSPS) is 15.7. The molecular formula is C31H36N6O4. The van der Waals surface area contributed by atoms with E-state index < -0.39 is 0 Å². The highest BCUT2D eigenvalue weighted by molar-refractivity contribution is 6.00. The van der Waals surface area contributed by atoms with Gasteiger partial charge < -0.3 is 30.1 Å². The number of rotatable bonds is 7. The van der Waals surface area contributed by atoms with E-state index >= 15 is 0 Å². The average Bonchev–Trinajstić information content (AvgIpc) is 3.31. The molecule has 2 fully saturated rings. The maximum atomic E-state index is 13.4. The van der Waals surface area contributed by atoms with Gasteiger partial charge in [0.15, 0.2) is 0 Å². The molecule has 1 aromatic heterocycles. The molecule has 2 N–H and O–H groups in total. The second-order valence-electron chi connectivity index (χ2n) is 10.2. The number of aromatic nitrogens is 1. The fourth-order valence-electron chi connectivity index (χ4n) is 5.23. The largest absolute Gasteiger partial charge is 0.497 e. The van der Waals surface area contributed by atoms with Gasteiger partial charge in [0.1, 0.15) is 5.75 Å². The average molecular weight is 557 g/mol. The van der Waals surface area contributed by atoms with Crippen LogP contribution in [-0.4, -0.2) is 92.0 Å². The van der Waals surface area contributed by atoms with E-state index in [4.69, 9.17) is 4.74 Å². The Morgan fingerprint density at radius 1 is 0.829 bits per heavy atom. The molecule has 41 heavy (non-hydrogen) atoms. The topological polar surface area (TPSA) is 107 Å². The van der Waals surface area contributed by atoms with Crippen molar-refractivity contribution in [1.82, 2.24) is 20.1 Å². The third-order valence-electron chi connectivity index (χ3n) is 7.50. The summed E-state index contributed by atoms with van der Waals surface area (Å²) in [6.07, 6.45) is 4.33. The van der Waals surface area contributed by atoms with Gasteiger partial charge in [-0.1, -0.05) is 12.1 Å². The molecule has 2 aliphatic rings. The van der Waals surface area contributed by atoms with Crippen molar-refractivity contribution in [2.45, 2.75) is 12.8 Å². The summed E-state index contributed by atoms with van der Waals surface area (Å²) >= 11 is 0. The Kier molecular flexibility index (Phi) is 9.10. The van der Waals surface area contributed by atoms with Gasteiger partial charge >= 0.3 is 0 Å². The predicted octanol–water partition coefficient (Wildman–Crippen LogP) is 2.67. The summed E-state index contributed by atoms with van der Waals surface area (Å²) in [7, 11) is 1.61. The molecule has 3 heterocycles. The Balaban J connectivity index is 1.34. The van der Waals surface area contributed by atoms with Gasteiger partial charge in [-0.05, 0) is 61.0 Å². The third-order valence-corrected chi connectivity index (χ3v) is 7.50. The van der Waals surface area contributed by atoms with E-state index in [1.165, 1.54) is 0 Å².